The van der Waals surface area contributed by atoms with Crippen LogP contribution in [0.1, 0.15) is 252 Å². The Morgan fingerprint density at radius 2 is 0.722 bits per heavy atom. The van der Waals surface area contributed by atoms with Crippen molar-refractivity contribution in [2.75, 3.05) is 26.4 Å². The molecule has 0 radical (unpaired) electrons. The number of unbranched alkanes of at least 4 members (excludes halogenated alkanes) is 24. The molecule has 0 bridgehead atoms. The summed E-state index contributed by atoms with van der Waals surface area (Å²) in [6, 6.07) is 0. The van der Waals surface area contributed by atoms with Crippen LogP contribution in [0.25, 0.3) is 0 Å². The van der Waals surface area contributed by atoms with E-state index in [1.165, 1.54) is 64.2 Å². The average Bonchev–Trinajstić information content (AvgIpc) is 3.37. The Morgan fingerprint density at radius 1 is 0.403 bits per heavy atom. The number of carbonyl (C=O) groups is 3. The molecule has 0 saturated carbocycles. The topological polar surface area (TPSA) is 155 Å². The predicted molar refractivity (Wildman–Crippen MR) is 298 cm³/mol. The zero-order valence-corrected chi connectivity index (χ0v) is 46.8. The van der Waals surface area contributed by atoms with Gasteiger partial charge in [-0.15, -0.1) is 0 Å². The van der Waals surface area contributed by atoms with Crippen molar-refractivity contribution >= 4 is 25.7 Å². The number of esters is 3. The molecule has 0 aliphatic carbocycles. The molecule has 2 N–H and O–H groups in total. The second kappa shape index (κ2) is 54.2. The van der Waals surface area contributed by atoms with Gasteiger partial charge in [0.15, 0.2) is 6.10 Å². The lowest BCUT2D eigenvalue weighted by Crippen LogP contribution is -2.30. The molecular weight excluding hydrogens is 928 g/mol. The largest absolute Gasteiger partial charge is 0.472 e. The third kappa shape index (κ3) is 51.8. The molecule has 72 heavy (non-hydrogen) atoms. The highest BCUT2D eigenvalue weighted by atomic mass is 31.2. The van der Waals surface area contributed by atoms with Gasteiger partial charge in [0, 0.05) is 19.3 Å². The van der Waals surface area contributed by atoms with Crippen LogP contribution in [0.2, 0.25) is 0 Å². The van der Waals surface area contributed by atoms with E-state index in [2.05, 4.69) is 93.7 Å². The first-order valence-electron chi connectivity index (χ1n) is 28.8. The molecule has 0 aromatic heterocycles. The first kappa shape index (κ1) is 68.9. The zero-order chi connectivity index (χ0) is 52.7. The SMILES string of the molecule is CC/C=C\C/C=C\C/C=C\CCCCCCCCCC(=O)OC(COC(=O)CCCCCCC/C=C\C/C=C\C/C=C\CC)COP(=O)(O)OCC(CO)OC(=O)CCCCCCCCCCCCCCC. The molecule has 416 valence electrons. The second-order valence-corrected chi connectivity index (χ2v) is 20.5. The molecule has 0 aliphatic rings. The van der Waals surface area contributed by atoms with Gasteiger partial charge >= 0.3 is 25.7 Å². The highest BCUT2D eigenvalue weighted by Gasteiger charge is 2.28. The van der Waals surface area contributed by atoms with Crippen LogP contribution in [0.5, 0.6) is 0 Å². The lowest BCUT2D eigenvalue weighted by molar-refractivity contribution is -0.161. The van der Waals surface area contributed by atoms with Gasteiger partial charge in [-0.2, -0.15) is 0 Å². The maximum Gasteiger partial charge on any atom is 0.472 e. The number of phosphoric ester groups is 1. The number of allylic oxidation sites excluding steroid dienone is 12. The van der Waals surface area contributed by atoms with Crippen molar-refractivity contribution in [2.24, 2.45) is 0 Å². The summed E-state index contributed by atoms with van der Waals surface area (Å²) in [7, 11) is -4.75. The summed E-state index contributed by atoms with van der Waals surface area (Å²) in [5, 5.41) is 9.81. The van der Waals surface area contributed by atoms with Crippen LogP contribution in [0.15, 0.2) is 72.9 Å². The van der Waals surface area contributed by atoms with E-state index in [0.717, 1.165) is 128 Å². The Hall–Kier alpha value is -3.08. The Balaban J connectivity index is 4.76. The Kier molecular flexibility index (Phi) is 51.9. The summed E-state index contributed by atoms with van der Waals surface area (Å²) in [5.74, 6) is -1.49. The van der Waals surface area contributed by atoms with Gasteiger partial charge in [0.25, 0.3) is 0 Å². The molecule has 0 fully saturated rings. The van der Waals surface area contributed by atoms with Crippen LogP contribution in [-0.4, -0.2) is 66.5 Å². The highest BCUT2D eigenvalue weighted by Crippen LogP contribution is 2.43. The van der Waals surface area contributed by atoms with Gasteiger partial charge < -0.3 is 24.2 Å². The molecule has 0 aromatic rings. The number of carbonyl (C=O) groups excluding carboxylic acids is 3. The van der Waals surface area contributed by atoms with Crippen LogP contribution < -0.4 is 0 Å². The number of aliphatic hydroxyl groups is 1. The van der Waals surface area contributed by atoms with Crippen molar-refractivity contribution in [3.8, 4) is 0 Å². The van der Waals surface area contributed by atoms with Crippen LogP contribution in [-0.2, 0) is 42.2 Å². The van der Waals surface area contributed by atoms with Gasteiger partial charge in [0.1, 0.15) is 12.7 Å². The van der Waals surface area contributed by atoms with Crippen molar-refractivity contribution in [3.05, 3.63) is 72.9 Å². The average molecular weight is 1030 g/mol. The minimum Gasteiger partial charge on any atom is -0.462 e. The minimum absolute atomic E-state index is 0.151. The van der Waals surface area contributed by atoms with Crippen LogP contribution in [0, 0.1) is 0 Å². The van der Waals surface area contributed by atoms with E-state index < -0.39 is 57.8 Å². The molecule has 0 aliphatic heterocycles. The normalized spacial score (nSPS) is 13.9. The molecule has 0 rings (SSSR count). The Labute approximate surface area is 439 Å². The quantitative estimate of drug-likeness (QED) is 0.0197. The summed E-state index contributed by atoms with van der Waals surface area (Å²) in [4.78, 5) is 48.5. The fourth-order valence-electron chi connectivity index (χ4n) is 7.80. The molecule has 0 spiro atoms. The van der Waals surface area contributed by atoms with Crippen molar-refractivity contribution < 1.29 is 52.2 Å². The summed E-state index contributed by atoms with van der Waals surface area (Å²) < 4.78 is 39.5. The maximum absolute atomic E-state index is 12.9. The third-order valence-electron chi connectivity index (χ3n) is 12.1. The summed E-state index contributed by atoms with van der Waals surface area (Å²) >= 11 is 0. The van der Waals surface area contributed by atoms with Gasteiger partial charge in [0.05, 0.1) is 19.8 Å². The smallest absolute Gasteiger partial charge is 0.462 e. The fraction of sp³-hybridized carbons (Fsp3) is 0.750. The molecule has 0 aromatic carbocycles. The summed E-state index contributed by atoms with van der Waals surface area (Å²) in [6.45, 7) is 4.41. The summed E-state index contributed by atoms with van der Waals surface area (Å²) in [5.41, 5.74) is 0. The predicted octanol–water partition coefficient (Wildman–Crippen LogP) is 16.9. The number of hydrogen-bond acceptors (Lipinski definition) is 10. The van der Waals surface area contributed by atoms with Crippen LogP contribution in [0.4, 0.5) is 0 Å². The lowest BCUT2D eigenvalue weighted by atomic mass is 10.0. The van der Waals surface area contributed by atoms with Crippen molar-refractivity contribution in [2.45, 2.75) is 264 Å². The zero-order valence-electron chi connectivity index (χ0n) is 45.9. The molecule has 0 saturated heterocycles. The molecule has 0 heterocycles. The number of phosphoric acid groups is 1. The van der Waals surface area contributed by atoms with Gasteiger partial charge in [-0.05, 0) is 83.5 Å². The second-order valence-electron chi connectivity index (χ2n) is 19.0. The van der Waals surface area contributed by atoms with E-state index in [1.54, 1.807) is 0 Å². The first-order chi connectivity index (χ1) is 35.2. The standard InChI is InChI=1S/C60H105O11P/c1-4-7-10-13-16-19-22-25-27-28-30-33-36-39-42-45-48-51-60(64)71-57(53-67-58(62)49-46-43-40-37-34-32-29-26-23-20-17-14-11-8-5-2)55-69-72(65,66)68-54-56(52-61)70-59(63)50-47-44-41-38-35-31-24-21-18-15-12-9-6-3/h7-8,10-11,16-17,19-20,25-27,29,56-57,61H,4-6,9,12-15,18,21-24,28,30-55H2,1-3H3,(H,65,66)/b10-7-,11-8-,19-16-,20-17-,27-25-,29-26-. The molecule has 12 heteroatoms. The van der Waals surface area contributed by atoms with Crippen molar-refractivity contribution in [1.82, 2.24) is 0 Å². The fourth-order valence-corrected chi connectivity index (χ4v) is 8.58. The van der Waals surface area contributed by atoms with E-state index >= 15 is 0 Å². The number of rotatable bonds is 53. The van der Waals surface area contributed by atoms with E-state index in [-0.39, 0.29) is 25.9 Å². The van der Waals surface area contributed by atoms with Gasteiger partial charge in [-0.3, -0.25) is 23.4 Å². The molecule has 3 atom stereocenters. The number of hydrogen-bond donors (Lipinski definition) is 2. The van der Waals surface area contributed by atoms with Gasteiger partial charge in [0.2, 0.25) is 0 Å². The van der Waals surface area contributed by atoms with Crippen LogP contribution in [0.3, 0.4) is 0 Å². The highest BCUT2D eigenvalue weighted by molar-refractivity contribution is 7.47. The van der Waals surface area contributed by atoms with E-state index in [1.807, 2.05) is 0 Å². The lowest BCUT2D eigenvalue weighted by Gasteiger charge is -2.21. The van der Waals surface area contributed by atoms with Crippen molar-refractivity contribution in [1.29, 1.82) is 0 Å². The van der Waals surface area contributed by atoms with E-state index in [0.29, 0.717) is 19.3 Å². The third-order valence-corrected chi connectivity index (χ3v) is 13.1. The molecule has 0 amide bonds. The van der Waals surface area contributed by atoms with Gasteiger partial charge in [-0.25, -0.2) is 4.57 Å². The van der Waals surface area contributed by atoms with Crippen molar-refractivity contribution in [3.63, 3.8) is 0 Å². The molecule has 11 nitrogen and oxygen atoms in total. The number of aliphatic hydroxyl groups excluding tert-OH is 1. The Morgan fingerprint density at radius 3 is 1.11 bits per heavy atom. The van der Waals surface area contributed by atoms with E-state index in [4.69, 9.17) is 23.3 Å². The van der Waals surface area contributed by atoms with Crippen LogP contribution >= 0.6 is 7.82 Å². The monoisotopic (exact) mass is 1030 g/mol. The van der Waals surface area contributed by atoms with E-state index in [9.17, 15) is 28.9 Å². The molecule has 3 unspecified atom stereocenters. The van der Waals surface area contributed by atoms with Gasteiger partial charge in [-0.1, -0.05) is 222 Å². The molecular formula is C60H105O11P. The summed E-state index contributed by atoms with van der Waals surface area (Å²) in [6.07, 6.45) is 60.0. The Bertz CT molecular complexity index is 1490. The minimum atomic E-state index is -4.75. The first-order valence-corrected chi connectivity index (χ1v) is 30.3. The maximum atomic E-state index is 12.9. The number of ether oxygens (including phenoxy) is 3.